The van der Waals surface area contributed by atoms with Crippen LogP contribution in [0, 0.1) is 19.8 Å². The molecule has 1 saturated heterocycles. The van der Waals surface area contributed by atoms with Crippen LogP contribution in [0.3, 0.4) is 0 Å². The number of hydrogen-bond donors (Lipinski definition) is 1. The molecule has 0 amide bonds. The van der Waals surface area contributed by atoms with Crippen molar-refractivity contribution >= 4 is 5.82 Å². The normalized spacial score (nSPS) is 18.8. The van der Waals surface area contributed by atoms with Gasteiger partial charge in [0.2, 0.25) is 0 Å². The van der Waals surface area contributed by atoms with Crippen molar-refractivity contribution in [1.82, 2.24) is 10.3 Å². The van der Waals surface area contributed by atoms with Crippen molar-refractivity contribution in [3.05, 3.63) is 22.9 Å². The maximum atomic E-state index is 4.90. The lowest BCUT2D eigenvalue weighted by Gasteiger charge is -2.28. The van der Waals surface area contributed by atoms with E-state index in [2.05, 4.69) is 50.9 Å². The average Bonchev–Trinajstić information content (AvgIpc) is 2.88. The van der Waals surface area contributed by atoms with E-state index >= 15 is 0 Å². The zero-order valence-corrected chi connectivity index (χ0v) is 14.4. The highest BCUT2D eigenvalue weighted by Crippen LogP contribution is 2.30. The van der Waals surface area contributed by atoms with Crippen molar-refractivity contribution in [2.75, 3.05) is 18.0 Å². The smallest absolute Gasteiger partial charge is 0.133 e. The molecule has 2 heterocycles. The molecule has 0 bridgehead atoms. The summed E-state index contributed by atoms with van der Waals surface area (Å²) in [6.07, 6.45) is 3.82. The van der Waals surface area contributed by atoms with E-state index in [9.17, 15) is 0 Å². The summed E-state index contributed by atoms with van der Waals surface area (Å²) in [4.78, 5) is 7.45. The molecule has 21 heavy (non-hydrogen) atoms. The van der Waals surface area contributed by atoms with Crippen LogP contribution in [0.2, 0.25) is 0 Å². The molecule has 0 spiro atoms. The molecule has 0 saturated carbocycles. The largest absolute Gasteiger partial charge is 0.353 e. The van der Waals surface area contributed by atoms with Crippen LogP contribution in [0.15, 0.2) is 6.07 Å². The van der Waals surface area contributed by atoms with Gasteiger partial charge < -0.3 is 10.2 Å². The third kappa shape index (κ3) is 3.97. The Kier molecular flexibility index (Phi) is 5.63. The van der Waals surface area contributed by atoms with E-state index in [-0.39, 0.29) is 0 Å². The molecule has 1 fully saturated rings. The minimum absolute atomic E-state index is 0.669. The molecule has 1 aromatic heterocycles. The van der Waals surface area contributed by atoms with Gasteiger partial charge in [-0.2, -0.15) is 0 Å². The van der Waals surface area contributed by atoms with E-state index in [0.717, 1.165) is 25.3 Å². The molecule has 1 N–H and O–H groups in total. The maximum absolute atomic E-state index is 4.90. The number of nitrogens with zero attached hydrogens (tertiary/aromatic N) is 2. The molecule has 2 rings (SSSR count). The monoisotopic (exact) mass is 289 g/mol. The fourth-order valence-corrected chi connectivity index (χ4v) is 3.32. The summed E-state index contributed by atoms with van der Waals surface area (Å²) in [5.41, 5.74) is 3.90. The Morgan fingerprint density at radius 2 is 2.14 bits per heavy atom. The average molecular weight is 289 g/mol. The second-order valence-corrected chi connectivity index (χ2v) is 6.81. The van der Waals surface area contributed by atoms with Crippen LogP contribution in [-0.2, 0) is 6.54 Å². The van der Waals surface area contributed by atoms with Gasteiger partial charge in [0.1, 0.15) is 5.82 Å². The van der Waals surface area contributed by atoms with E-state index in [0.29, 0.717) is 12.0 Å². The van der Waals surface area contributed by atoms with Crippen molar-refractivity contribution < 1.29 is 0 Å². The highest BCUT2D eigenvalue weighted by molar-refractivity contribution is 5.53. The van der Waals surface area contributed by atoms with Gasteiger partial charge in [-0.25, -0.2) is 4.98 Å². The van der Waals surface area contributed by atoms with Crippen LogP contribution in [0.5, 0.6) is 0 Å². The number of aryl methyl sites for hydroxylation is 2. The summed E-state index contributed by atoms with van der Waals surface area (Å²) in [5, 5.41) is 3.59. The van der Waals surface area contributed by atoms with Gasteiger partial charge in [-0.15, -0.1) is 0 Å². The van der Waals surface area contributed by atoms with Crippen LogP contribution < -0.4 is 10.2 Å². The van der Waals surface area contributed by atoms with Crippen LogP contribution in [0.4, 0.5) is 5.82 Å². The first-order chi connectivity index (χ1) is 10.0. The van der Waals surface area contributed by atoms with Gasteiger partial charge in [-0.05, 0) is 57.2 Å². The van der Waals surface area contributed by atoms with Crippen molar-refractivity contribution in [1.29, 1.82) is 0 Å². The summed E-state index contributed by atoms with van der Waals surface area (Å²) in [6, 6.07) is 2.88. The molecule has 3 nitrogen and oxygen atoms in total. The summed E-state index contributed by atoms with van der Waals surface area (Å²) < 4.78 is 0. The fraction of sp³-hybridized carbons (Fsp3) is 0.722. The van der Waals surface area contributed by atoms with E-state index in [1.807, 2.05) is 0 Å². The van der Waals surface area contributed by atoms with Gasteiger partial charge in [0.25, 0.3) is 0 Å². The highest BCUT2D eigenvalue weighted by atomic mass is 15.2. The first-order valence-electron chi connectivity index (χ1n) is 8.47. The zero-order chi connectivity index (χ0) is 15.4. The lowest BCUT2D eigenvalue weighted by Crippen LogP contribution is -2.32. The highest BCUT2D eigenvalue weighted by Gasteiger charge is 2.26. The standard InChI is InChI=1S/C18H31N3/c1-6-16-8-7-9-21(16)18-17(12-19-11-13(2)3)14(4)10-15(5)20-18/h10,13,16,19H,6-9,11-12H2,1-5H3. The van der Waals surface area contributed by atoms with Gasteiger partial charge in [-0.3, -0.25) is 0 Å². The molecule has 1 aliphatic heterocycles. The number of nitrogens with one attached hydrogen (secondary N) is 1. The van der Waals surface area contributed by atoms with Crippen LogP contribution >= 0.6 is 0 Å². The number of rotatable bonds is 6. The number of anilines is 1. The fourth-order valence-electron chi connectivity index (χ4n) is 3.32. The minimum Gasteiger partial charge on any atom is -0.353 e. The summed E-state index contributed by atoms with van der Waals surface area (Å²) in [5.74, 6) is 1.91. The second kappa shape index (κ2) is 7.26. The summed E-state index contributed by atoms with van der Waals surface area (Å²) in [6.45, 7) is 14.3. The van der Waals surface area contributed by atoms with E-state index < -0.39 is 0 Å². The van der Waals surface area contributed by atoms with Gasteiger partial charge >= 0.3 is 0 Å². The van der Waals surface area contributed by atoms with Gasteiger partial charge in [0.15, 0.2) is 0 Å². The van der Waals surface area contributed by atoms with Gasteiger partial charge in [0, 0.05) is 30.4 Å². The molecule has 1 aromatic rings. The number of hydrogen-bond acceptors (Lipinski definition) is 3. The lowest BCUT2D eigenvalue weighted by atomic mass is 10.1. The molecule has 1 unspecified atom stereocenters. The molecule has 0 radical (unpaired) electrons. The van der Waals surface area contributed by atoms with Crippen LogP contribution in [0.25, 0.3) is 0 Å². The Bertz CT molecular complexity index is 468. The Labute approximate surface area is 130 Å². The van der Waals surface area contributed by atoms with Crippen LogP contribution in [0.1, 0.15) is 56.9 Å². The number of aromatic nitrogens is 1. The SMILES string of the molecule is CCC1CCCN1c1nc(C)cc(C)c1CNCC(C)C. The topological polar surface area (TPSA) is 28.2 Å². The minimum atomic E-state index is 0.669. The van der Waals surface area contributed by atoms with E-state index in [4.69, 9.17) is 4.98 Å². The Balaban J connectivity index is 2.25. The maximum Gasteiger partial charge on any atom is 0.133 e. The lowest BCUT2D eigenvalue weighted by molar-refractivity contribution is 0.549. The van der Waals surface area contributed by atoms with Crippen molar-refractivity contribution in [2.24, 2.45) is 5.92 Å². The third-order valence-electron chi connectivity index (χ3n) is 4.43. The Morgan fingerprint density at radius 1 is 1.38 bits per heavy atom. The van der Waals surface area contributed by atoms with E-state index in [1.165, 1.54) is 36.2 Å². The molecule has 0 aromatic carbocycles. The van der Waals surface area contributed by atoms with Crippen molar-refractivity contribution in [3.63, 3.8) is 0 Å². The molecular formula is C18H31N3. The second-order valence-electron chi connectivity index (χ2n) is 6.81. The Morgan fingerprint density at radius 3 is 2.81 bits per heavy atom. The third-order valence-corrected chi connectivity index (χ3v) is 4.43. The summed E-state index contributed by atoms with van der Waals surface area (Å²) >= 11 is 0. The van der Waals surface area contributed by atoms with E-state index in [1.54, 1.807) is 0 Å². The van der Waals surface area contributed by atoms with Gasteiger partial charge in [-0.1, -0.05) is 20.8 Å². The molecular weight excluding hydrogens is 258 g/mol. The summed E-state index contributed by atoms with van der Waals surface area (Å²) in [7, 11) is 0. The predicted molar refractivity (Wildman–Crippen MR) is 90.9 cm³/mol. The first kappa shape index (κ1) is 16.3. The number of pyridine rings is 1. The molecule has 118 valence electrons. The predicted octanol–water partition coefficient (Wildman–Crippen LogP) is 3.82. The molecule has 0 aliphatic carbocycles. The Hall–Kier alpha value is -1.09. The van der Waals surface area contributed by atoms with Gasteiger partial charge in [0.05, 0.1) is 0 Å². The quantitative estimate of drug-likeness (QED) is 0.863. The first-order valence-corrected chi connectivity index (χ1v) is 8.47. The van der Waals surface area contributed by atoms with Crippen LogP contribution in [-0.4, -0.2) is 24.1 Å². The van der Waals surface area contributed by atoms with Crippen molar-refractivity contribution in [2.45, 2.75) is 66.5 Å². The van der Waals surface area contributed by atoms with Crippen molar-refractivity contribution in [3.8, 4) is 0 Å². The zero-order valence-electron chi connectivity index (χ0n) is 14.4. The molecule has 1 aliphatic rings. The molecule has 3 heteroatoms. The molecule has 1 atom stereocenters.